The van der Waals surface area contributed by atoms with Gasteiger partial charge in [-0.3, -0.25) is 9.00 Å². The molecule has 1 unspecified atom stereocenters. The summed E-state index contributed by atoms with van der Waals surface area (Å²) in [5, 5.41) is 0. The van der Waals surface area contributed by atoms with Gasteiger partial charge >= 0.3 is 0 Å². The van der Waals surface area contributed by atoms with Crippen LogP contribution in [0, 0.1) is 0 Å². The Hall–Kier alpha value is -0.650. The van der Waals surface area contributed by atoms with Crippen LogP contribution in [-0.4, -0.2) is 29.3 Å². The summed E-state index contributed by atoms with van der Waals surface area (Å²) in [5.41, 5.74) is 0.784. The number of thioether (sulfide) groups is 1. The second-order valence-corrected chi connectivity index (χ2v) is 5.54. The van der Waals surface area contributed by atoms with E-state index in [9.17, 15) is 9.00 Å². The van der Waals surface area contributed by atoms with Crippen LogP contribution in [0.3, 0.4) is 0 Å². The molecule has 0 N–H and O–H groups in total. The monoisotopic (exact) mass is 274 g/mol. The highest BCUT2D eigenvalue weighted by Gasteiger charge is 2.00. The van der Waals surface area contributed by atoms with Crippen molar-refractivity contribution in [1.82, 2.24) is 0 Å². The molecule has 96 valence electrons. The highest BCUT2D eigenvalue weighted by Crippen LogP contribution is 2.17. The third-order valence-electron chi connectivity index (χ3n) is 1.82. The molecule has 0 radical (unpaired) electrons. The average Bonchev–Trinajstić information content (AvgIpc) is 2.39. The molecule has 0 bridgehead atoms. The van der Waals surface area contributed by atoms with Crippen molar-refractivity contribution in [2.75, 3.05) is 19.5 Å². The molecule has 1 aromatic carbocycles. The fraction of sp³-hybridized carbons (Fsp3) is 0.417. The van der Waals surface area contributed by atoms with Crippen molar-refractivity contribution >= 4 is 28.2 Å². The number of carbonyl (C=O) groups is 1. The fourth-order valence-electron chi connectivity index (χ4n) is 0.892. The van der Waals surface area contributed by atoms with E-state index in [1.165, 1.54) is 0 Å². The summed E-state index contributed by atoms with van der Waals surface area (Å²) in [6.45, 7) is 4.66. The largest absolute Gasteiger partial charge is 0.385 e. The summed E-state index contributed by atoms with van der Waals surface area (Å²) < 4.78 is 15.9. The van der Waals surface area contributed by atoms with E-state index in [0.717, 1.165) is 33.8 Å². The molecule has 0 saturated carbocycles. The average molecular weight is 274 g/mol. The minimum Gasteiger partial charge on any atom is -0.385 e. The number of hydrogen-bond acceptors (Lipinski definition) is 4. The molecule has 0 saturated heterocycles. The predicted octanol–water partition coefficient (Wildman–Crippen LogP) is 2.75. The molecule has 3 nitrogen and oxygen atoms in total. The molecule has 0 amide bonds. The Balaban J connectivity index is 0.000000557. The van der Waals surface area contributed by atoms with Crippen molar-refractivity contribution in [2.45, 2.75) is 23.6 Å². The Labute approximate surface area is 109 Å². The molecule has 1 atom stereocenters. The molecule has 1 aromatic rings. The summed E-state index contributed by atoms with van der Waals surface area (Å²) in [6.07, 6.45) is 0. The quantitative estimate of drug-likeness (QED) is 0.611. The summed E-state index contributed by atoms with van der Waals surface area (Å²) in [4.78, 5) is 11.9. The van der Waals surface area contributed by atoms with Crippen LogP contribution in [-0.2, 0) is 20.3 Å². The van der Waals surface area contributed by atoms with Gasteiger partial charge in [0.2, 0.25) is 0 Å². The van der Waals surface area contributed by atoms with Gasteiger partial charge in [0.1, 0.15) is 0 Å². The number of benzene rings is 1. The number of carbonyl (C=O) groups excluding carboxylic acids is 1. The Kier molecular flexibility index (Phi) is 10.1. The minimum absolute atomic E-state index is 0.625. The highest BCUT2D eigenvalue weighted by molar-refractivity contribution is 8.11. The Morgan fingerprint density at radius 3 is 2.18 bits per heavy atom. The first kappa shape index (κ1) is 16.4. The van der Waals surface area contributed by atoms with E-state index in [4.69, 9.17) is 0 Å². The molecule has 0 fully saturated rings. The van der Waals surface area contributed by atoms with Crippen molar-refractivity contribution in [2.24, 2.45) is 0 Å². The second kappa shape index (κ2) is 10.5. The van der Waals surface area contributed by atoms with Crippen molar-refractivity contribution in [1.29, 1.82) is 0 Å². The van der Waals surface area contributed by atoms with E-state index in [-0.39, 0.29) is 0 Å². The van der Waals surface area contributed by atoms with Crippen LogP contribution in [0.2, 0.25) is 0 Å². The Bertz CT molecular complexity index is 334. The second-order valence-electron chi connectivity index (χ2n) is 2.90. The molecular weight excluding hydrogens is 256 g/mol. The molecule has 0 aliphatic carbocycles. The highest BCUT2D eigenvalue weighted by atomic mass is 32.2. The lowest BCUT2D eigenvalue weighted by Crippen LogP contribution is -1.92. The summed E-state index contributed by atoms with van der Waals surface area (Å²) >= 11 is 1.12. The van der Waals surface area contributed by atoms with Crippen LogP contribution in [0.15, 0.2) is 34.1 Å². The van der Waals surface area contributed by atoms with E-state index >= 15 is 0 Å². The lowest BCUT2D eigenvalue weighted by Gasteiger charge is -1.99. The maximum absolute atomic E-state index is 11.3. The van der Waals surface area contributed by atoms with Gasteiger partial charge < -0.3 is 4.74 Å². The van der Waals surface area contributed by atoms with Crippen LogP contribution >= 0.6 is 11.8 Å². The van der Waals surface area contributed by atoms with Crippen LogP contribution in [0.1, 0.15) is 13.8 Å². The topological polar surface area (TPSA) is 43.4 Å². The lowest BCUT2D eigenvalue weighted by atomic mass is 10.4. The number of hydrogen-bond donors (Lipinski definition) is 0. The maximum atomic E-state index is 11.3. The van der Waals surface area contributed by atoms with Crippen molar-refractivity contribution in [3.8, 4) is 0 Å². The molecule has 0 aliphatic heterocycles. The fourth-order valence-corrected chi connectivity index (χ4v) is 2.07. The van der Waals surface area contributed by atoms with Gasteiger partial charge in [-0.25, -0.2) is 0 Å². The van der Waals surface area contributed by atoms with Gasteiger partial charge in [0.05, 0.1) is 10.8 Å². The smallest absolute Gasteiger partial charge is 0.180 e. The molecule has 0 spiro atoms. The van der Waals surface area contributed by atoms with Crippen molar-refractivity contribution in [3.63, 3.8) is 0 Å². The maximum Gasteiger partial charge on any atom is 0.180 e. The Morgan fingerprint density at radius 1 is 1.29 bits per heavy atom. The number of methoxy groups -OCH3 is 1. The minimum atomic E-state index is -0.900. The first-order chi connectivity index (χ1) is 8.19. The van der Waals surface area contributed by atoms with Gasteiger partial charge in [0.15, 0.2) is 5.62 Å². The van der Waals surface area contributed by atoms with E-state index in [0.29, 0.717) is 5.75 Å². The van der Waals surface area contributed by atoms with Gasteiger partial charge in [0.25, 0.3) is 0 Å². The molecule has 1 rings (SSSR count). The van der Waals surface area contributed by atoms with Gasteiger partial charge in [-0.15, -0.1) is 0 Å². The lowest BCUT2D eigenvalue weighted by molar-refractivity contribution is 0.215. The SMILES string of the molecule is CCOC.CCS(=O)c1ccc(SC=O)cc1. The molecule has 5 heteroatoms. The molecular formula is C12H18O3S2. The zero-order chi connectivity index (χ0) is 13.1. The zero-order valence-electron chi connectivity index (χ0n) is 10.3. The number of ether oxygens (including phenoxy) is 1. The normalized spacial score (nSPS) is 11.2. The first-order valence-electron chi connectivity index (χ1n) is 5.27. The van der Waals surface area contributed by atoms with Crippen LogP contribution in [0.5, 0.6) is 0 Å². The summed E-state index contributed by atoms with van der Waals surface area (Å²) in [6, 6.07) is 7.21. The standard InChI is InChI=1S/C9H10O2S2.C3H8O/c1-2-13(11)9-5-3-8(4-6-9)12-7-10;1-3-4-2/h3-7H,2H2,1H3;3H2,1-2H3. The van der Waals surface area contributed by atoms with Crippen LogP contribution < -0.4 is 0 Å². The molecule has 0 aromatic heterocycles. The van der Waals surface area contributed by atoms with E-state index in [1.807, 2.05) is 26.0 Å². The van der Waals surface area contributed by atoms with Crippen LogP contribution in [0.25, 0.3) is 0 Å². The predicted molar refractivity (Wildman–Crippen MR) is 73.5 cm³/mol. The van der Waals surface area contributed by atoms with Gasteiger partial charge in [-0.05, 0) is 31.2 Å². The van der Waals surface area contributed by atoms with Crippen molar-refractivity contribution in [3.05, 3.63) is 24.3 Å². The van der Waals surface area contributed by atoms with Gasteiger partial charge in [-0.2, -0.15) is 0 Å². The third-order valence-corrected chi connectivity index (χ3v) is 3.78. The Morgan fingerprint density at radius 2 is 1.82 bits per heavy atom. The van der Waals surface area contributed by atoms with E-state index in [1.54, 1.807) is 19.2 Å². The zero-order valence-corrected chi connectivity index (χ0v) is 12.0. The van der Waals surface area contributed by atoms with E-state index in [2.05, 4.69) is 4.74 Å². The molecule has 0 heterocycles. The summed E-state index contributed by atoms with van der Waals surface area (Å²) in [5.74, 6) is 0.625. The molecule has 17 heavy (non-hydrogen) atoms. The first-order valence-corrected chi connectivity index (χ1v) is 7.47. The summed E-state index contributed by atoms with van der Waals surface area (Å²) in [7, 11) is 0.780. The third kappa shape index (κ3) is 7.31. The number of rotatable bonds is 5. The van der Waals surface area contributed by atoms with Crippen molar-refractivity contribution < 1.29 is 13.7 Å². The molecule has 0 aliphatic rings. The van der Waals surface area contributed by atoms with Gasteiger partial charge in [-0.1, -0.05) is 18.7 Å². The van der Waals surface area contributed by atoms with Crippen LogP contribution in [0.4, 0.5) is 0 Å². The van der Waals surface area contributed by atoms with Gasteiger partial charge in [0, 0.05) is 29.3 Å². The van der Waals surface area contributed by atoms with E-state index < -0.39 is 10.8 Å².